The van der Waals surface area contributed by atoms with Crippen LogP contribution in [0.3, 0.4) is 0 Å². The summed E-state index contributed by atoms with van der Waals surface area (Å²) in [5.74, 6) is 0.607. The second kappa shape index (κ2) is 7.18. The van der Waals surface area contributed by atoms with Crippen molar-refractivity contribution in [2.45, 2.75) is 33.2 Å². The summed E-state index contributed by atoms with van der Waals surface area (Å²) in [6.45, 7) is 12.2. The highest BCUT2D eigenvalue weighted by molar-refractivity contribution is 5.48. The van der Waals surface area contributed by atoms with E-state index in [0.717, 1.165) is 32.7 Å². The van der Waals surface area contributed by atoms with Crippen LogP contribution < -0.4 is 4.90 Å². The largest absolute Gasteiger partial charge is 0.369 e. The Morgan fingerprint density at radius 1 is 0.826 bits per heavy atom. The zero-order chi connectivity index (χ0) is 16.2. The lowest BCUT2D eigenvalue weighted by Gasteiger charge is -2.36. The molecule has 0 spiro atoms. The molecule has 1 saturated heterocycles. The lowest BCUT2D eigenvalue weighted by Crippen LogP contribution is -2.45. The van der Waals surface area contributed by atoms with Gasteiger partial charge in [-0.2, -0.15) is 0 Å². The molecule has 1 aliphatic heterocycles. The van der Waals surface area contributed by atoms with Gasteiger partial charge < -0.3 is 4.90 Å². The third-order valence-corrected chi connectivity index (χ3v) is 4.82. The van der Waals surface area contributed by atoms with Gasteiger partial charge in [0.15, 0.2) is 0 Å². The minimum atomic E-state index is 0.607. The topological polar surface area (TPSA) is 6.48 Å². The molecule has 0 saturated carbocycles. The van der Waals surface area contributed by atoms with Crippen molar-refractivity contribution in [2.24, 2.45) is 0 Å². The predicted octanol–water partition coefficient (Wildman–Crippen LogP) is 4.44. The zero-order valence-electron chi connectivity index (χ0n) is 14.6. The van der Waals surface area contributed by atoms with Gasteiger partial charge in [0.1, 0.15) is 0 Å². The third kappa shape index (κ3) is 4.14. The summed E-state index contributed by atoms with van der Waals surface area (Å²) in [6, 6.07) is 18.1. The van der Waals surface area contributed by atoms with Gasteiger partial charge in [-0.1, -0.05) is 55.8 Å². The van der Waals surface area contributed by atoms with Crippen molar-refractivity contribution in [2.75, 3.05) is 31.1 Å². The van der Waals surface area contributed by atoms with E-state index in [-0.39, 0.29) is 0 Å². The Balaban J connectivity index is 1.54. The number of benzene rings is 2. The summed E-state index contributed by atoms with van der Waals surface area (Å²) in [5, 5.41) is 0. The number of aryl methyl sites for hydroxylation is 1. The first kappa shape index (κ1) is 16.1. The van der Waals surface area contributed by atoms with Crippen molar-refractivity contribution in [3.8, 4) is 0 Å². The second-order valence-electron chi connectivity index (χ2n) is 7.00. The fourth-order valence-electron chi connectivity index (χ4n) is 3.19. The van der Waals surface area contributed by atoms with Crippen LogP contribution in [0.5, 0.6) is 0 Å². The zero-order valence-corrected chi connectivity index (χ0v) is 14.6. The number of hydrogen-bond donors (Lipinski definition) is 0. The monoisotopic (exact) mass is 308 g/mol. The van der Waals surface area contributed by atoms with E-state index in [9.17, 15) is 0 Å². The molecule has 2 nitrogen and oxygen atoms in total. The van der Waals surface area contributed by atoms with Gasteiger partial charge in [-0.15, -0.1) is 0 Å². The van der Waals surface area contributed by atoms with Gasteiger partial charge in [-0.3, -0.25) is 4.90 Å². The van der Waals surface area contributed by atoms with Crippen molar-refractivity contribution < 1.29 is 0 Å². The molecule has 2 aromatic rings. The molecule has 0 N–H and O–H groups in total. The Bertz CT molecular complexity index is 605. The maximum atomic E-state index is 2.56. The summed E-state index contributed by atoms with van der Waals surface area (Å²) in [6.07, 6.45) is 0. The van der Waals surface area contributed by atoms with Gasteiger partial charge in [0.2, 0.25) is 0 Å². The molecule has 122 valence electrons. The molecule has 23 heavy (non-hydrogen) atoms. The molecule has 0 aliphatic carbocycles. The predicted molar refractivity (Wildman–Crippen MR) is 99.2 cm³/mol. The van der Waals surface area contributed by atoms with Crippen LogP contribution in [-0.2, 0) is 6.54 Å². The SMILES string of the molecule is Cc1ccc(CN2CCN(c3ccc(C(C)C)cc3)CC2)cc1. The van der Waals surface area contributed by atoms with Gasteiger partial charge in [0.05, 0.1) is 0 Å². The van der Waals surface area contributed by atoms with E-state index in [4.69, 9.17) is 0 Å². The van der Waals surface area contributed by atoms with Crippen LogP contribution in [-0.4, -0.2) is 31.1 Å². The molecule has 1 heterocycles. The molecule has 2 heteroatoms. The average Bonchev–Trinajstić information content (AvgIpc) is 2.58. The van der Waals surface area contributed by atoms with Crippen molar-refractivity contribution in [1.29, 1.82) is 0 Å². The number of hydrogen-bond acceptors (Lipinski definition) is 2. The van der Waals surface area contributed by atoms with Crippen LogP contribution in [0.15, 0.2) is 48.5 Å². The van der Waals surface area contributed by atoms with Gasteiger partial charge in [0.25, 0.3) is 0 Å². The Hall–Kier alpha value is -1.80. The van der Waals surface area contributed by atoms with E-state index in [1.165, 1.54) is 22.4 Å². The lowest BCUT2D eigenvalue weighted by molar-refractivity contribution is 0.250. The van der Waals surface area contributed by atoms with Crippen LogP contribution in [0.25, 0.3) is 0 Å². The van der Waals surface area contributed by atoms with Crippen molar-refractivity contribution in [3.63, 3.8) is 0 Å². The second-order valence-corrected chi connectivity index (χ2v) is 7.00. The first-order valence-electron chi connectivity index (χ1n) is 8.74. The molecule has 1 aliphatic rings. The molecule has 3 rings (SSSR count). The van der Waals surface area contributed by atoms with Crippen molar-refractivity contribution in [3.05, 3.63) is 65.2 Å². The molecule has 0 atom stereocenters. The molecule has 0 radical (unpaired) electrons. The molecular formula is C21H28N2. The fraction of sp³-hybridized carbons (Fsp3) is 0.429. The Morgan fingerprint density at radius 2 is 1.43 bits per heavy atom. The Kier molecular flexibility index (Phi) is 5.02. The summed E-state index contributed by atoms with van der Waals surface area (Å²) in [4.78, 5) is 5.07. The average molecular weight is 308 g/mol. The van der Waals surface area contributed by atoms with Crippen LogP contribution >= 0.6 is 0 Å². The van der Waals surface area contributed by atoms with Crippen LogP contribution in [0.2, 0.25) is 0 Å². The molecule has 1 fully saturated rings. The summed E-state index contributed by atoms with van der Waals surface area (Å²) in [5.41, 5.74) is 5.55. The van der Waals surface area contributed by atoms with Crippen LogP contribution in [0, 0.1) is 6.92 Å². The van der Waals surface area contributed by atoms with E-state index < -0.39 is 0 Å². The highest BCUT2D eigenvalue weighted by Crippen LogP contribution is 2.21. The highest BCUT2D eigenvalue weighted by atomic mass is 15.3. The van der Waals surface area contributed by atoms with Crippen molar-refractivity contribution in [1.82, 2.24) is 4.90 Å². The minimum absolute atomic E-state index is 0.607. The molecule has 0 aromatic heterocycles. The molecule has 0 amide bonds. The first-order chi connectivity index (χ1) is 11.1. The molecule has 0 bridgehead atoms. The van der Waals surface area contributed by atoms with Gasteiger partial charge in [-0.25, -0.2) is 0 Å². The minimum Gasteiger partial charge on any atom is -0.369 e. The maximum absolute atomic E-state index is 2.56. The number of piperazine rings is 1. The number of rotatable bonds is 4. The van der Waals surface area contributed by atoms with Crippen molar-refractivity contribution >= 4 is 5.69 Å². The summed E-state index contributed by atoms with van der Waals surface area (Å²) < 4.78 is 0. The van der Waals surface area contributed by atoms with E-state index >= 15 is 0 Å². The lowest BCUT2D eigenvalue weighted by atomic mass is 10.0. The molecule has 0 unspecified atom stereocenters. The summed E-state index contributed by atoms with van der Waals surface area (Å²) in [7, 11) is 0. The quantitative estimate of drug-likeness (QED) is 0.824. The van der Waals surface area contributed by atoms with Gasteiger partial charge >= 0.3 is 0 Å². The van der Waals surface area contributed by atoms with Gasteiger partial charge in [0, 0.05) is 38.4 Å². The van der Waals surface area contributed by atoms with E-state index in [0.29, 0.717) is 5.92 Å². The smallest absolute Gasteiger partial charge is 0.0367 e. The van der Waals surface area contributed by atoms with Crippen LogP contribution in [0.4, 0.5) is 5.69 Å². The highest BCUT2D eigenvalue weighted by Gasteiger charge is 2.17. The molecular weight excluding hydrogens is 280 g/mol. The third-order valence-electron chi connectivity index (χ3n) is 4.82. The van der Waals surface area contributed by atoms with Gasteiger partial charge in [-0.05, 0) is 36.1 Å². The van der Waals surface area contributed by atoms with E-state index in [2.05, 4.69) is 79.1 Å². The number of nitrogens with zero attached hydrogens (tertiary/aromatic N) is 2. The normalized spacial score (nSPS) is 16.1. The van der Waals surface area contributed by atoms with E-state index in [1.54, 1.807) is 0 Å². The number of anilines is 1. The van der Waals surface area contributed by atoms with E-state index in [1.807, 2.05) is 0 Å². The van der Waals surface area contributed by atoms with Crippen LogP contribution in [0.1, 0.15) is 36.5 Å². The molecule has 2 aromatic carbocycles. The standard InChI is InChI=1S/C21H28N2/c1-17(2)20-8-10-21(11-9-20)23-14-12-22(13-15-23)16-19-6-4-18(3)5-7-19/h4-11,17H,12-16H2,1-3H3. The Morgan fingerprint density at radius 3 is 2.00 bits per heavy atom. The maximum Gasteiger partial charge on any atom is 0.0367 e. The Labute approximate surface area is 140 Å². The first-order valence-corrected chi connectivity index (χ1v) is 8.74. The summed E-state index contributed by atoms with van der Waals surface area (Å²) >= 11 is 0. The fourth-order valence-corrected chi connectivity index (χ4v) is 3.19.